The van der Waals surface area contributed by atoms with Gasteiger partial charge in [0, 0.05) is 24.4 Å². The molecule has 0 aromatic heterocycles. The second-order valence-corrected chi connectivity index (χ2v) is 8.46. The van der Waals surface area contributed by atoms with Crippen LogP contribution in [0.5, 0.6) is 0 Å². The van der Waals surface area contributed by atoms with Gasteiger partial charge in [0.15, 0.2) is 0 Å². The molecule has 0 spiro atoms. The number of carbonyl (C=O) groups excluding carboxylic acids is 1. The summed E-state index contributed by atoms with van der Waals surface area (Å²) in [6, 6.07) is 11.3. The highest BCUT2D eigenvalue weighted by Gasteiger charge is 2.18. The van der Waals surface area contributed by atoms with Crippen LogP contribution >= 0.6 is 0 Å². The molecule has 6 nitrogen and oxygen atoms in total. The Morgan fingerprint density at radius 2 is 1.85 bits per heavy atom. The lowest BCUT2D eigenvalue weighted by molar-refractivity contribution is 0.0857. The van der Waals surface area contributed by atoms with Crippen molar-refractivity contribution >= 4 is 21.6 Å². The van der Waals surface area contributed by atoms with Crippen molar-refractivity contribution in [2.75, 3.05) is 17.9 Å². The van der Waals surface area contributed by atoms with Gasteiger partial charge in [0.1, 0.15) is 0 Å². The van der Waals surface area contributed by atoms with Crippen molar-refractivity contribution in [3.05, 3.63) is 59.2 Å². The van der Waals surface area contributed by atoms with Crippen molar-refractivity contribution in [1.29, 1.82) is 0 Å². The van der Waals surface area contributed by atoms with Gasteiger partial charge in [-0.2, -0.15) is 0 Å². The minimum atomic E-state index is -3.71. The lowest BCUT2D eigenvalue weighted by Gasteiger charge is -2.12. The van der Waals surface area contributed by atoms with Crippen LogP contribution in [0.25, 0.3) is 0 Å². The zero-order valence-electron chi connectivity index (χ0n) is 15.5. The van der Waals surface area contributed by atoms with E-state index in [1.165, 1.54) is 24.3 Å². The molecule has 1 amide bonds. The topological polar surface area (TPSA) is 84.5 Å². The van der Waals surface area contributed by atoms with Crippen molar-refractivity contribution < 1.29 is 17.9 Å². The van der Waals surface area contributed by atoms with Crippen LogP contribution in [-0.4, -0.2) is 33.6 Å². The Hall–Kier alpha value is -2.38. The number of sulfonamides is 1. The molecule has 0 unspecified atom stereocenters. The first-order valence-electron chi connectivity index (χ1n) is 8.95. The van der Waals surface area contributed by atoms with Gasteiger partial charge in [-0.1, -0.05) is 6.07 Å². The maximum Gasteiger partial charge on any atom is 0.261 e. The van der Waals surface area contributed by atoms with Gasteiger partial charge in [0.05, 0.1) is 11.0 Å². The number of amides is 1. The summed E-state index contributed by atoms with van der Waals surface area (Å²) in [5.74, 6) is -0.239. The highest BCUT2D eigenvalue weighted by atomic mass is 32.2. The summed E-state index contributed by atoms with van der Waals surface area (Å²) in [6.07, 6.45) is 2.03. The second-order valence-electron chi connectivity index (χ2n) is 6.77. The van der Waals surface area contributed by atoms with Crippen molar-refractivity contribution in [2.45, 2.75) is 37.7 Å². The monoisotopic (exact) mass is 388 g/mol. The number of ether oxygens (including phenoxy) is 1. The molecule has 1 heterocycles. The molecule has 0 saturated carbocycles. The zero-order valence-corrected chi connectivity index (χ0v) is 16.3. The fourth-order valence-corrected chi connectivity index (χ4v) is 3.97. The van der Waals surface area contributed by atoms with Gasteiger partial charge >= 0.3 is 0 Å². The van der Waals surface area contributed by atoms with Gasteiger partial charge in [-0.05, 0) is 74.2 Å². The third-order valence-corrected chi connectivity index (χ3v) is 6.10. The van der Waals surface area contributed by atoms with Crippen molar-refractivity contribution in [2.24, 2.45) is 0 Å². The van der Waals surface area contributed by atoms with Gasteiger partial charge < -0.3 is 10.1 Å². The average molecular weight is 388 g/mol. The average Bonchev–Trinajstić information content (AvgIpc) is 3.16. The fraction of sp³-hybridized carbons (Fsp3) is 0.350. The predicted molar refractivity (Wildman–Crippen MR) is 104 cm³/mol. The summed E-state index contributed by atoms with van der Waals surface area (Å²) < 4.78 is 33.1. The van der Waals surface area contributed by atoms with Crippen LogP contribution in [0.4, 0.5) is 5.69 Å². The van der Waals surface area contributed by atoms with Gasteiger partial charge in [-0.25, -0.2) is 8.42 Å². The van der Waals surface area contributed by atoms with Crippen LogP contribution in [0.15, 0.2) is 47.4 Å². The SMILES string of the molecule is Cc1ccc(NS(=O)(=O)c2ccc(C(=O)NC[C@H]3CCCO3)cc2)cc1C. The highest BCUT2D eigenvalue weighted by molar-refractivity contribution is 7.92. The Bertz CT molecular complexity index is 917. The Labute approximate surface area is 160 Å². The van der Waals surface area contributed by atoms with E-state index >= 15 is 0 Å². The molecule has 144 valence electrons. The summed E-state index contributed by atoms with van der Waals surface area (Å²) in [6.45, 7) is 5.10. The first-order chi connectivity index (χ1) is 12.8. The molecule has 0 aliphatic carbocycles. The number of hydrogen-bond acceptors (Lipinski definition) is 4. The number of aryl methyl sites for hydroxylation is 2. The van der Waals surface area contributed by atoms with E-state index in [4.69, 9.17) is 4.74 Å². The quantitative estimate of drug-likeness (QED) is 0.797. The first-order valence-corrected chi connectivity index (χ1v) is 10.4. The highest BCUT2D eigenvalue weighted by Crippen LogP contribution is 2.19. The molecule has 2 aromatic rings. The Balaban J connectivity index is 1.65. The van der Waals surface area contributed by atoms with Crippen LogP contribution in [0.3, 0.4) is 0 Å². The smallest absolute Gasteiger partial charge is 0.261 e. The van der Waals surface area contributed by atoms with Gasteiger partial charge in [0.25, 0.3) is 15.9 Å². The van der Waals surface area contributed by atoms with Gasteiger partial charge in [-0.15, -0.1) is 0 Å². The van der Waals surface area contributed by atoms with E-state index in [1.54, 1.807) is 12.1 Å². The van der Waals surface area contributed by atoms with Crippen LogP contribution < -0.4 is 10.0 Å². The summed E-state index contributed by atoms with van der Waals surface area (Å²) in [4.78, 5) is 12.3. The molecule has 2 aromatic carbocycles. The minimum Gasteiger partial charge on any atom is -0.376 e. The molecule has 27 heavy (non-hydrogen) atoms. The molecule has 1 saturated heterocycles. The lowest BCUT2D eigenvalue weighted by Crippen LogP contribution is -2.31. The largest absolute Gasteiger partial charge is 0.376 e. The third-order valence-electron chi connectivity index (χ3n) is 4.70. The van der Waals surface area contributed by atoms with Crippen LogP contribution in [-0.2, 0) is 14.8 Å². The summed E-state index contributed by atoms with van der Waals surface area (Å²) in [5, 5.41) is 2.82. The number of benzene rings is 2. The van der Waals surface area contributed by atoms with Gasteiger partial charge in [-0.3, -0.25) is 9.52 Å². The van der Waals surface area contributed by atoms with E-state index in [-0.39, 0.29) is 16.9 Å². The van der Waals surface area contributed by atoms with E-state index < -0.39 is 10.0 Å². The van der Waals surface area contributed by atoms with E-state index in [9.17, 15) is 13.2 Å². The standard InChI is InChI=1S/C20H24N2O4S/c1-14-5-8-17(12-15(14)2)22-27(24,25)19-9-6-16(7-10-19)20(23)21-13-18-4-3-11-26-18/h5-10,12,18,22H,3-4,11,13H2,1-2H3,(H,21,23)/t18-/m1/s1. The van der Waals surface area contributed by atoms with Crippen LogP contribution in [0.1, 0.15) is 34.3 Å². The van der Waals surface area contributed by atoms with Crippen molar-refractivity contribution in [3.8, 4) is 0 Å². The Morgan fingerprint density at radius 1 is 1.11 bits per heavy atom. The van der Waals surface area contributed by atoms with E-state index in [0.717, 1.165) is 30.6 Å². The predicted octanol–water partition coefficient (Wildman–Crippen LogP) is 3.01. The molecule has 7 heteroatoms. The maximum atomic E-state index is 12.6. The Kier molecular flexibility index (Phi) is 5.82. The summed E-state index contributed by atoms with van der Waals surface area (Å²) in [5.41, 5.74) is 3.03. The molecule has 0 bridgehead atoms. The summed E-state index contributed by atoms with van der Waals surface area (Å²) in [7, 11) is -3.71. The fourth-order valence-electron chi connectivity index (χ4n) is 2.92. The number of carbonyl (C=O) groups is 1. The third kappa shape index (κ3) is 4.87. The summed E-state index contributed by atoms with van der Waals surface area (Å²) >= 11 is 0. The molecule has 1 aliphatic rings. The molecule has 2 N–H and O–H groups in total. The molecular weight excluding hydrogens is 364 g/mol. The van der Waals surface area contributed by atoms with E-state index in [1.807, 2.05) is 19.9 Å². The zero-order chi connectivity index (χ0) is 19.4. The molecule has 1 atom stereocenters. The first kappa shape index (κ1) is 19.4. The maximum absolute atomic E-state index is 12.6. The lowest BCUT2D eigenvalue weighted by atomic mass is 10.1. The molecule has 1 aliphatic heterocycles. The molecular formula is C20H24N2O4S. The molecule has 1 fully saturated rings. The van der Waals surface area contributed by atoms with Gasteiger partial charge in [0.2, 0.25) is 0 Å². The van der Waals surface area contributed by atoms with Crippen LogP contribution in [0.2, 0.25) is 0 Å². The number of hydrogen-bond donors (Lipinski definition) is 2. The Morgan fingerprint density at radius 3 is 2.48 bits per heavy atom. The minimum absolute atomic E-state index is 0.0655. The second kappa shape index (κ2) is 8.10. The van der Waals surface area contributed by atoms with E-state index in [2.05, 4.69) is 10.0 Å². The molecule has 3 rings (SSSR count). The number of rotatable bonds is 6. The van der Waals surface area contributed by atoms with E-state index in [0.29, 0.717) is 17.8 Å². The van der Waals surface area contributed by atoms with Crippen molar-refractivity contribution in [3.63, 3.8) is 0 Å². The molecule has 0 radical (unpaired) electrons. The number of nitrogens with one attached hydrogen (secondary N) is 2. The normalized spacial score (nSPS) is 16.9. The van der Waals surface area contributed by atoms with Crippen LogP contribution in [0, 0.1) is 13.8 Å². The van der Waals surface area contributed by atoms with Crippen molar-refractivity contribution in [1.82, 2.24) is 5.32 Å². The number of anilines is 1.